The van der Waals surface area contributed by atoms with Gasteiger partial charge in [-0.05, 0) is 29.8 Å². The fourth-order valence-electron chi connectivity index (χ4n) is 2.88. The van der Waals surface area contributed by atoms with Crippen LogP contribution in [0.4, 0.5) is 5.69 Å². The Hall–Kier alpha value is -4.13. The Bertz CT molecular complexity index is 1130. The summed E-state index contributed by atoms with van der Waals surface area (Å²) >= 11 is 0. The molecule has 1 N–H and O–H groups in total. The highest BCUT2D eigenvalue weighted by Crippen LogP contribution is 2.22. The van der Waals surface area contributed by atoms with Crippen LogP contribution in [0.15, 0.2) is 88.0 Å². The number of furan rings is 1. The van der Waals surface area contributed by atoms with E-state index in [9.17, 15) is 9.59 Å². The minimum Gasteiger partial charge on any atom is -0.461 e. The second-order valence-corrected chi connectivity index (χ2v) is 6.49. The van der Waals surface area contributed by atoms with Crippen molar-refractivity contribution in [3.05, 3.63) is 95.9 Å². The Balaban J connectivity index is 1.39. The number of carbonyl (C=O) groups is 2. The van der Waals surface area contributed by atoms with Crippen molar-refractivity contribution in [2.24, 2.45) is 0 Å². The van der Waals surface area contributed by atoms with E-state index < -0.39 is 5.97 Å². The molecule has 4 aromatic rings. The molecule has 0 saturated carbocycles. The first-order valence-corrected chi connectivity index (χ1v) is 9.28. The van der Waals surface area contributed by atoms with E-state index >= 15 is 0 Å². The molecule has 0 spiro atoms. The molecule has 0 unspecified atom stereocenters. The van der Waals surface area contributed by atoms with Crippen molar-refractivity contribution < 1.29 is 23.3 Å². The number of para-hydroxylation sites is 1. The maximum atomic E-state index is 12.6. The van der Waals surface area contributed by atoms with Gasteiger partial charge in [0.1, 0.15) is 12.3 Å². The van der Waals surface area contributed by atoms with Gasteiger partial charge in [-0.15, -0.1) is 0 Å². The third-order valence-electron chi connectivity index (χ3n) is 4.30. The number of hydrogen-bond acceptors (Lipinski definition) is 6. The lowest BCUT2D eigenvalue weighted by Gasteiger charge is -2.10. The molecule has 7 nitrogen and oxygen atoms in total. The Morgan fingerprint density at radius 3 is 2.53 bits per heavy atom. The highest BCUT2D eigenvalue weighted by atomic mass is 16.5. The fourth-order valence-corrected chi connectivity index (χ4v) is 2.88. The van der Waals surface area contributed by atoms with Gasteiger partial charge in [-0.1, -0.05) is 47.6 Å². The number of amides is 1. The van der Waals surface area contributed by atoms with E-state index in [4.69, 9.17) is 13.7 Å². The second-order valence-electron chi connectivity index (χ2n) is 6.49. The van der Waals surface area contributed by atoms with Gasteiger partial charge >= 0.3 is 5.97 Å². The van der Waals surface area contributed by atoms with Crippen molar-refractivity contribution in [1.29, 1.82) is 0 Å². The first kappa shape index (κ1) is 19.2. The molecule has 0 atom stereocenters. The molecule has 0 aliphatic rings. The fraction of sp³-hybridized carbons (Fsp3) is 0.0870. The van der Waals surface area contributed by atoms with E-state index in [2.05, 4.69) is 10.5 Å². The van der Waals surface area contributed by atoms with Crippen LogP contribution in [0, 0.1) is 0 Å². The zero-order valence-electron chi connectivity index (χ0n) is 15.9. The van der Waals surface area contributed by atoms with E-state index in [0.29, 0.717) is 22.9 Å². The summed E-state index contributed by atoms with van der Waals surface area (Å²) in [6.45, 7) is -0.0741. The SMILES string of the molecule is O=C(Cc1ccccc1)Nc1ccccc1C(=O)OCc1cc(-c2ccco2)on1. The third-order valence-corrected chi connectivity index (χ3v) is 4.30. The summed E-state index contributed by atoms with van der Waals surface area (Å²) in [6.07, 6.45) is 1.74. The van der Waals surface area contributed by atoms with Gasteiger partial charge in [0.25, 0.3) is 0 Å². The third kappa shape index (κ3) is 4.64. The molecular weight excluding hydrogens is 384 g/mol. The van der Waals surface area contributed by atoms with Gasteiger partial charge in [0.05, 0.1) is 23.9 Å². The van der Waals surface area contributed by atoms with Crippen LogP contribution < -0.4 is 5.32 Å². The number of hydrogen-bond donors (Lipinski definition) is 1. The second kappa shape index (κ2) is 8.91. The van der Waals surface area contributed by atoms with Crippen LogP contribution in [0.3, 0.4) is 0 Å². The Kier molecular flexibility index (Phi) is 5.70. The summed E-state index contributed by atoms with van der Waals surface area (Å²) in [5.41, 5.74) is 1.97. The molecule has 150 valence electrons. The highest BCUT2D eigenvalue weighted by molar-refractivity contribution is 6.01. The zero-order chi connectivity index (χ0) is 20.8. The van der Waals surface area contributed by atoms with Crippen LogP contribution in [-0.2, 0) is 22.6 Å². The lowest BCUT2D eigenvalue weighted by atomic mass is 10.1. The molecule has 7 heteroatoms. The number of carbonyl (C=O) groups excluding carboxylic acids is 2. The Labute approximate surface area is 172 Å². The molecule has 4 rings (SSSR count). The van der Waals surface area contributed by atoms with E-state index in [1.165, 1.54) is 6.26 Å². The molecule has 2 aromatic carbocycles. The standard InChI is InChI=1S/C23H18N2O5/c26-22(13-16-7-2-1-3-8-16)24-19-10-5-4-9-18(19)23(27)29-15-17-14-21(30-25-17)20-11-6-12-28-20/h1-12,14H,13,15H2,(H,24,26). The number of aromatic nitrogens is 1. The molecular formula is C23H18N2O5. The maximum absolute atomic E-state index is 12.6. The van der Waals surface area contributed by atoms with Crippen molar-refractivity contribution in [3.63, 3.8) is 0 Å². The topological polar surface area (TPSA) is 94.6 Å². The summed E-state index contributed by atoms with van der Waals surface area (Å²) in [6, 6.07) is 21.2. The summed E-state index contributed by atoms with van der Waals surface area (Å²) in [4.78, 5) is 24.9. The maximum Gasteiger partial charge on any atom is 0.340 e. The van der Waals surface area contributed by atoms with Crippen molar-refractivity contribution in [3.8, 4) is 11.5 Å². The van der Waals surface area contributed by atoms with E-state index in [1.807, 2.05) is 30.3 Å². The molecule has 0 saturated heterocycles. The first-order chi connectivity index (χ1) is 14.7. The largest absolute Gasteiger partial charge is 0.461 e. The van der Waals surface area contributed by atoms with Crippen molar-refractivity contribution in [1.82, 2.24) is 5.16 Å². The molecule has 0 aliphatic carbocycles. The highest BCUT2D eigenvalue weighted by Gasteiger charge is 2.16. The van der Waals surface area contributed by atoms with Gasteiger partial charge in [0.15, 0.2) is 5.76 Å². The van der Waals surface area contributed by atoms with Crippen molar-refractivity contribution in [2.75, 3.05) is 5.32 Å². The Morgan fingerprint density at radius 1 is 0.933 bits per heavy atom. The van der Waals surface area contributed by atoms with Gasteiger partial charge in [-0.25, -0.2) is 4.79 Å². The lowest BCUT2D eigenvalue weighted by Crippen LogP contribution is -2.17. The lowest BCUT2D eigenvalue weighted by molar-refractivity contribution is -0.115. The van der Waals surface area contributed by atoms with Gasteiger partial charge in [-0.2, -0.15) is 0 Å². The van der Waals surface area contributed by atoms with E-state index in [0.717, 1.165) is 5.56 Å². The van der Waals surface area contributed by atoms with Crippen molar-refractivity contribution in [2.45, 2.75) is 13.0 Å². The van der Waals surface area contributed by atoms with Crippen LogP contribution in [-0.4, -0.2) is 17.0 Å². The van der Waals surface area contributed by atoms with Gasteiger partial charge in [-0.3, -0.25) is 4.79 Å². The molecule has 1 amide bonds. The first-order valence-electron chi connectivity index (χ1n) is 9.28. The summed E-state index contributed by atoms with van der Waals surface area (Å²) in [5.74, 6) is 0.181. The van der Waals surface area contributed by atoms with Crippen molar-refractivity contribution >= 4 is 17.6 Å². The van der Waals surface area contributed by atoms with Gasteiger partial charge in [0.2, 0.25) is 11.7 Å². The minimum atomic E-state index is -0.576. The number of benzene rings is 2. The number of rotatable bonds is 7. The average Bonchev–Trinajstić information content (AvgIpc) is 3.45. The van der Waals surface area contributed by atoms with Gasteiger partial charge < -0.3 is 19.0 Å². The van der Waals surface area contributed by atoms with E-state index in [1.54, 1.807) is 42.5 Å². The predicted octanol–water partition coefficient (Wildman–Crippen LogP) is 4.47. The van der Waals surface area contributed by atoms with Gasteiger partial charge in [0, 0.05) is 6.07 Å². The van der Waals surface area contributed by atoms with E-state index in [-0.39, 0.29) is 24.5 Å². The monoisotopic (exact) mass is 402 g/mol. The number of nitrogens with one attached hydrogen (secondary N) is 1. The molecule has 0 radical (unpaired) electrons. The predicted molar refractivity (Wildman–Crippen MR) is 109 cm³/mol. The number of esters is 1. The van der Waals surface area contributed by atoms with Crippen LogP contribution >= 0.6 is 0 Å². The smallest absolute Gasteiger partial charge is 0.340 e. The average molecular weight is 402 g/mol. The molecule has 0 aliphatic heterocycles. The molecule has 2 aromatic heterocycles. The normalized spacial score (nSPS) is 10.5. The molecule has 0 bridgehead atoms. The van der Waals surface area contributed by atoms with Crippen LogP contribution in [0.2, 0.25) is 0 Å². The number of ether oxygens (including phenoxy) is 1. The molecule has 2 heterocycles. The molecule has 0 fully saturated rings. The Morgan fingerprint density at radius 2 is 1.73 bits per heavy atom. The zero-order valence-corrected chi connectivity index (χ0v) is 15.9. The number of anilines is 1. The van der Waals surface area contributed by atoms with Crippen LogP contribution in [0.5, 0.6) is 0 Å². The quantitative estimate of drug-likeness (QED) is 0.458. The summed E-state index contributed by atoms with van der Waals surface area (Å²) in [7, 11) is 0. The summed E-state index contributed by atoms with van der Waals surface area (Å²) < 4.78 is 15.8. The van der Waals surface area contributed by atoms with Crippen LogP contribution in [0.1, 0.15) is 21.6 Å². The molecule has 30 heavy (non-hydrogen) atoms. The van der Waals surface area contributed by atoms with Crippen LogP contribution in [0.25, 0.3) is 11.5 Å². The minimum absolute atomic E-state index is 0.0741. The summed E-state index contributed by atoms with van der Waals surface area (Å²) in [5, 5.41) is 6.65. The number of nitrogens with zero attached hydrogens (tertiary/aromatic N) is 1.